The fourth-order valence-electron chi connectivity index (χ4n) is 5.91. The number of nitrogens with one attached hydrogen (secondary N) is 2. The van der Waals surface area contributed by atoms with Gasteiger partial charge in [-0.15, -0.1) is 0 Å². The molecule has 2 saturated heterocycles. The SMILES string of the molecule is C=CC(=O)Nc1cc(Nc2cc(N3OCC[C@@H]3c3cc(F)cc(F)c3)ncn2)c(OC)cc1N1CCC(N(C)CCN(C)C)CC1. The van der Waals surface area contributed by atoms with Gasteiger partial charge in [0.2, 0.25) is 5.91 Å². The highest BCUT2D eigenvalue weighted by atomic mass is 19.1. The number of amides is 1. The van der Waals surface area contributed by atoms with E-state index in [0.717, 1.165) is 50.8 Å². The Morgan fingerprint density at radius 2 is 1.78 bits per heavy atom. The van der Waals surface area contributed by atoms with Gasteiger partial charge in [-0.25, -0.2) is 23.8 Å². The van der Waals surface area contributed by atoms with Crippen LogP contribution in [0.3, 0.4) is 0 Å². The van der Waals surface area contributed by atoms with Crippen LogP contribution in [0.5, 0.6) is 5.75 Å². The molecule has 246 valence electrons. The Balaban J connectivity index is 1.37. The normalized spacial score (nSPS) is 17.1. The van der Waals surface area contributed by atoms with Crippen LogP contribution in [0.2, 0.25) is 0 Å². The number of carbonyl (C=O) groups excluding carboxylic acids is 1. The molecule has 2 N–H and O–H groups in total. The Hall–Kier alpha value is -4.33. The predicted octanol–water partition coefficient (Wildman–Crippen LogP) is 4.98. The van der Waals surface area contributed by atoms with Crippen LogP contribution in [0.4, 0.5) is 37.5 Å². The lowest BCUT2D eigenvalue weighted by molar-refractivity contribution is -0.111. The number of halogens is 2. The molecule has 5 rings (SSSR count). The van der Waals surface area contributed by atoms with Crippen molar-refractivity contribution in [2.75, 3.05) is 81.6 Å². The number of piperidine rings is 1. The third kappa shape index (κ3) is 7.90. The van der Waals surface area contributed by atoms with Crippen LogP contribution < -0.4 is 25.3 Å². The number of nitrogens with zero attached hydrogens (tertiary/aromatic N) is 6. The Kier molecular flexibility index (Phi) is 10.7. The molecule has 0 saturated carbocycles. The second kappa shape index (κ2) is 14.8. The van der Waals surface area contributed by atoms with E-state index in [1.165, 1.54) is 24.5 Å². The van der Waals surface area contributed by atoms with Crippen LogP contribution in [0.25, 0.3) is 0 Å². The summed E-state index contributed by atoms with van der Waals surface area (Å²) >= 11 is 0. The minimum absolute atomic E-state index is 0.328. The van der Waals surface area contributed by atoms with E-state index in [1.54, 1.807) is 18.2 Å². The minimum Gasteiger partial charge on any atom is -0.494 e. The molecular weight excluding hydrogens is 594 g/mol. The first-order valence-corrected chi connectivity index (χ1v) is 15.4. The molecule has 1 aromatic heterocycles. The first kappa shape index (κ1) is 33.0. The van der Waals surface area contributed by atoms with Gasteiger partial charge in [-0.1, -0.05) is 6.58 Å². The van der Waals surface area contributed by atoms with Gasteiger partial charge >= 0.3 is 0 Å². The average molecular weight is 637 g/mol. The van der Waals surface area contributed by atoms with E-state index < -0.39 is 17.7 Å². The molecule has 0 radical (unpaired) electrons. The van der Waals surface area contributed by atoms with Gasteiger partial charge in [0.1, 0.15) is 29.5 Å². The molecule has 0 bridgehead atoms. The summed E-state index contributed by atoms with van der Waals surface area (Å²) in [6.45, 7) is 7.64. The van der Waals surface area contributed by atoms with Crippen LogP contribution in [0, 0.1) is 11.6 Å². The van der Waals surface area contributed by atoms with E-state index in [2.05, 4.69) is 63.0 Å². The molecule has 1 atom stereocenters. The highest BCUT2D eigenvalue weighted by Gasteiger charge is 2.30. The van der Waals surface area contributed by atoms with Crippen LogP contribution >= 0.6 is 0 Å². The molecule has 13 heteroatoms. The molecule has 11 nitrogen and oxygen atoms in total. The van der Waals surface area contributed by atoms with Crippen molar-refractivity contribution in [2.45, 2.75) is 31.3 Å². The summed E-state index contributed by atoms with van der Waals surface area (Å²) in [5.41, 5.74) is 2.48. The average Bonchev–Trinajstić information content (AvgIpc) is 3.54. The van der Waals surface area contributed by atoms with E-state index in [9.17, 15) is 13.6 Å². The summed E-state index contributed by atoms with van der Waals surface area (Å²) in [6, 6.07) is 8.90. The number of ether oxygens (including phenoxy) is 1. The van der Waals surface area contributed by atoms with Gasteiger partial charge in [0.05, 0.1) is 36.8 Å². The molecule has 2 aliphatic rings. The first-order chi connectivity index (χ1) is 22.1. The maximum atomic E-state index is 14.0. The number of hydrogen-bond acceptors (Lipinski definition) is 10. The molecule has 3 heterocycles. The number of carbonyl (C=O) groups is 1. The van der Waals surface area contributed by atoms with E-state index in [0.29, 0.717) is 53.4 Å². The van der Waals surface area contributed by atoms with Crippen molar-refractivity contribution in [2.24, 2.45) is 0 Å². The number of hydrogen-bond donors (Lipinski definition) is 2. The minimum atomic E-state index is -0.654. The summed E-state index contributed by atoms with van der Waals surface area (Å²) in [7, 11) is 7.94. The number of aromatic nitrogens is 2. The third-order valence-electron chi connectivity index (χ3n) is 8.41. The molecule has 0 aliphatic carbocycles. The molecule has 0 spiro atoms. The number of hydroxylamine groups is 1. The maximum Gasteiger partial charge on any atom is 0.247 e. The summed E-state index contributed by atoms with van der Waals surface area (Å²) < 4.78 is 33.8. The molecule has 2 fully saturated rings. The summed E-state index contributed by atoms with van der Waals surface area (Å²) in [5, 5.41) is 7.78. The van der Waals surface area contributed by atoms with Crippen LogP contribution in [0.1, 0.15) is 30.9 Å². The maximum absolute atomic E-state index is 14.0. The fourth-order valence-corrected chi connectivity index (χ4v) is 5.91. The van der Waals surface area contributed by atoms with Gasteiger partial charge in [0.15, 0.2) is 5.82 Å². The highest BCUT2D eigenvalue weighted by molar-refractivity contribution is 6.02. The Morgan fingerprint density at radius 3 is 2.46 bits per heavy atom. The standard InChI is InChI=1S/C33H42F2N8O3/c1-6-33(44)39-26-18-27(30(45-5)19-29(26)42-10-7-25(8-11-42)41(4)13-12-40(2)3)38-31-20-32(37-21-36-31)43-28(9-14-46-43)22-15-23(34)17-24(35)16-22/h6,15-21,25,28H,1,7-14H2,2-5H3,(H,39,44)(H,36,37,38)/t28-/m1/s1. The predicted molar refractivity (Wildman–Crippen MR) is 176 cm³/mol. The van der Waals surface area contributed by atoms with Gasteiger partial charge in [0, 0.05) is 56.8 Å². The number of anilines is 5. The zero-order chi connectivity index (χ0) is 32.8. The van der Waals surface area contributed by atoms with Crippen molar-refractivity contribution in [1.29, 1.82) is 0 Å². The van der Waals surface area contributed by atoms with Gasteiger partial charge < -0.3 is 30.1 Å². The van der Waals surface area contributed by atoms with Crippen molar-refractivity contribution >= 4 is 34.6 Å². The molecule has 2 aliphatic heterocycles. The van der Waals surface area contributed by atoms with Crippen molar-refractivity contribution in [1.82, 2.24) is 19.8 Å². The van der Waals surface area contributed by atoms with E-state index in [-0.39, 0.29) is 5.91 Å². The smallest absolute Gasteiger partial charge is 0.247 e. The summed E-state index contributed by atoms with van der Waals surface area (Å²) in [4.78, 5) is 33.9. The van der Waals surface area contributed by atoms with Gasteiger partial charge in [-0.2, -0.15) is 0 Å². The van der Waals surface area contributed by atoms with Crippen molar-refractivity contribution in [3.8, 4) is 5.75 Å². The molecule has 3 aromatic rings. The van der Waals surface area contributed by atoms with Crippen LogP contribution in [-0.2, 0) is 9.63 Å². The van der Waals surface area contributed by atoms with Crippen molar-refractivity contribution in [3.05, 3.63) is 72.6 Å². The van der Waals surface area contributed by atoms with E-state index >= 15 is 0 Å². The quantitative estimate of drug-likeness (QED) is 0.265. The third-order valence-corrected chi connectivity index (χ3v) is 8.41. The molecule has 0 unspecified atom stereocenters. The second-order valence-corrected chi connectivity index (χ2v) is 11.8. The number of benzene rings is 2. The van der Waals surface area contributed by atoms with Crippen molar-refractivity contribution in [3.63, 3.8) is 0 Å². The van der Waals surface area contributed by atoms with Gasteiger partial charge in [-0.05, 0) is 63.8 Å². The van der Waals surface area contributed by atoms with E-state index in [1.807, 2.05) is 12.1 Å². The zero-order valence-electron chi connectivity index (χ0n) is 26.8. The molecule has 1 amide bonds. The topological polar surface area (TPSA) is 98.3 Å². The lowest BCUT2D eigenvalue weighted by Gasteiger charge is -2.39. The Morgan fingerprint density at radius 1 is 1.04 bits per heavy atom. The van der Waals surface area contributed by atoms with Crippen molar-refractivity contribution < 1.29 is 23.1 Å². The lowest BCUT2D eigenvalue weighted by Crippen LogP contribution is -2.45. The number of methoxy groups -OCH3 is 1. The van der Waals surface area contributed by atoms with E-state index in [4.69, 9.17) is 9.57 Å². The monoisotopic (exact) mass is 636 g/mol. The molecule has 2 aromatic carbocycles. The number of likely N-dealkylation sites (N-methyl/N-ethyl adjacent to an activating group) is 2. The molecular formula is C33H42F2N8O3. The fraction of sp³-hybridized carbons (Fsp3) is 0.424. The first-order valence-electron chi connectivity index (χ1n) is 15.4. The lowest BCUT2D eigenvalue weighted by atomic mass is 10.0. The molecule has 46 heavy (non-hydrogen) atoms. The number of rotatable bonds is 12. The second-order valence-electron chi connectivity index (χ2n) is 11.8. The zero-order valence-corrected chi connectivity index (χ0v) is 26.8. The van der Waals surface area contributed by atoms with Crippen LogP contribution in [-0.4, -0.2) is 92.8 Å². The van der Waals surface area contributed by atoms with Gasteiger partial charge in [0.25, 0.3) is 0 Å². The van der Waals surface area contributed by atoms with Gasteiger partial charge in [-0.3, -0.25) is 9.63 Å². The summed E-state index contributed by atoms with van der Waals surface area (Å²) in [6.07, 6.45) is 5.13. The Bertz CT molecular complexity index is 1510. The summed E-state index contributed by atoms with van der Waals surface area (Å²) in [5.74, 6) is -0.234. The Labute approximate surface area is 268 Å². The van der Waals surface area contributed by atoms with Crippen LogP contribution in [0.15, 0.2) is 55.4 Å². The largest absolute Gasteiger partial charge is 0.494 e. The highest BCUT2D eigenvalue weighted by Crippen LogP contribution is 2.40.